The molecule has 1 aromatic carbocycles. The van der Waals surface area contributed by atoms with Crippen LogP contribution in [0.5, 0.6) is 0 Å². The first-order chi connectivity index (χ1) is 9.93. The van der Waals surface area contributed by atoms with E-state index in [4.69, 9.17) is 9.84 Å². The first-order valence-corrected chi connectivity index (χ1v) is 7.72. The number of aliphatic hydroxyl groups excluding tert-OH is 1. The molecule has 0 saturated carbocycles. The minimum Gasteiger partial charge on any atom is -0.385 e. The van der Waals surface area contributed by atoms with E-state index in [2.05, 4.69) is 11.8 Å². The number of sulfonamides is 1. The summed E-state index contributed by atoms with van der Waals surface area (Å²) < 4.78 is 44.3. The molecule has 116 valence electrons. The molecule has 21 heavy (non-hydrogen) atoms. The molecule has 0 atom stereocenters. The van der Waals surface area contributed by atoms with Crippen molar-refractivity contribution in [2.45, 2.75) is 11.3 Å². The number of hydrogen-bond acceptors (Lipinski definition) is 4. The molecule has 0 aliphatic carbocycles. The van der Waals surface area contributed by atoms with Gasteiger partial charge in [0.2, 0.25) is 10.0 Å². The zero-order valence-corrected chi connectivity index (χ0v) is 12.8. The van der Waals surface area contributed by atoms with Gasteiger partial charge in [0, 0.05) is 27.3 Å². The predicted octanol–water partition coefficient (Wildman–Crippen LogP) is 0.827. The smallest absolute Gasteiger partial charge is 0.242 e. The Balaban J connectivity index is 2.96. The number of hydrogen-bond donors (Lipinski definition) is 1. The molecule has 5 nitrogen and oxygen atoms in total. The third kappa shape index (κ3) is 4.79. The molecule has 0 amide bonds. The monoisotopic (exact) mass is 315 g/mol. The fraction of sp³-hybridized carbons (Fsp3) is 0.429. The van der Waals surface area contributed by atoms with Crippen molar-refractivity contribution in [1.29, 1.82) is 0 Å². The summed E-state index contributed by atoms with van der Waals surface area (Å²) in [7, 11) is -0.768. The van der Waals surface area contributed by atoms with Crippen molar-refractivity contribution in [3.63, 3.8) is 0 Å². The van der Waals surface area contributed by atoms with E-state index in [0.29, 0.717) is 13.0 Å². The lowest BCUT2D eigenvalue weighted by Crippen LogP contribution is -2.28. The molecule has 0 bridgehead atoms. The highest BCUT2D eigenvalue weighted by molar-refractivity contribution is 7.89. The Morgan fingerprint density at radius 1 is 1.43 bits per heavy atom. The number of methoxy groups -OCH3 is 1. The lowest BCUT2D eigenvalue weighted by molar-refractivity contribution is 0.189. The van der Waals surface area contributed by atoms with Crippen LogP contribution < -0.4 is 0 Å². The second kappa shape index (κ2) is 8.10. The molecular formula is C14H18FNO4S. The van der Waals surface area contributed by atoms with Gasteiger partial charge in [0.1, 0.15) is 12.4 Å². The van der Waals surface area contributed by atoms with Crippen molar-refractivity contribution in [1.82, 2.24) is 4.31 Å². The van der Waals surface area contributed by atoms with Crippen LogP contribution >= 0.6 is 0 Å². The lowest BCUT2D eigenvalue weighted by Gasteiger charge is -2.17. The van der Waals surface area contributed by atoms with E-state index in [1.807, 2.05) is 0 Å². The summed E-state index contributed by atoms with van der Waals surface area (Å²) in [6.07, 6.45) is 0.550. The van der Waals surface area contributed by atoms with Crippen LogP contribution in [0.3, 0.4) is 0 Å². The van der Waals surface area contributed by atoms with Gasteiger partial charge in [0.15, 0.2) is 0 Å². The molecule has 0 unspecified atom stereocenters. The van der Waals surface area contributed by atoms with Gasteiger partial charge in [-0.1, -0.05) is 11.8 Å². The first-order valence-electron chi connectivity index (χ1n) is 6.28. The summed E-state index contributed by atoms with van der Waals surface area (Å²) in [5.41, 5.74) is 0.0463. The van der Waals surface area contributed by atoms with Gasteiger partial charge in [-0.2, -0.15) is 0 Å². The van der Waals surface area contributed by atoms with Crippen LogP contribution in [0.2, 0.25) is 0 Å². The summed E-state index contributed by atoms with van der Waals surface area (Å²) in [4.78, 5) is -0.130. The Bertz CT molecular complexity index is 634. The molecule has 1 rings (SSSR count). The quantitative estimate of drug-likeness (QED) is 0.624. The fourth-order valence-corrected chi connectivity index (χ4v) is 2.85. The zero-order chi connectivity index (χ0) is 15.9. The average molecular weight is 315 g/mol. The third-order valence-electron chi connectivity index (χ3n) is 2.77. The molecule has 0 heterocycles. The van der Waals surface area contributed by atoms with Crippen molar-refractivity contribution in [2.75, 3.05) is 33.9 Å². The summed E-state index contributed by atoms with van der Waals surface area (Å²) >= 11 is 0. The van der Waals surface area contributed by atoms with Gasteiger partial charge in [0.25, 0.3) is 0 Å². The molecule has 1 aromatic rings. The number of aliphatic hydroxyl groups is 1. The summed E-state index contributed by atoms with van der Waals surface area (Å²) in [5.74, 6) is 3.99. The van der Waals surface area contributed by atoms with Gasteiger partial charge < -0.3 is 9.84 Å². The van der Waals surface area contributed by atoms with Crippen molar-refractivity contribution >= 4 is 10.0 Å². The number of rotatable bonds is 6. The first kappa shape index (κ1) is 17.6. The van der Waals surface area contributed by atoms with Crippen LogP contribution in [-0.4, -0.2) is 51.7 Å². The fourth-order valence-electron chi connectivity index (χ4n) is 1.62. The Hall–Kier alpha value is -1.46. The van der Waals surface area contributed by atoms with Crippen molar-refractivity contribution in [2.24, 2.45) is 0 Å². The largest absolute Gasteiger partial charge is 0.385 e. The molecule has 0 aromatic heterocycles. The van der Waals surface area contributed by atoms with Crippen LogP contribution in [0.15, 0.2) is 23.1 Å². The Kier molecular flexibility index (Phi) is 6.78. The van der Waals surface area contributed by atoms with E-state index in [1.54, 1.807) is 0 Å². The van der Waals surface area contributed by atoms with Crippen molar-refractivity contribution < 1.29 is 22.7 Å². The van der Waals surface area contributed by atoms with Gasteiger partial charge in [-0.05, 0) is 24.6 Å². The topological polar surface area (TPSA) is 66.8 Å². The molecule has 0 fully saturated rings. The molecule has 1 N–H and O–H groups in total. The van der Waals surface area contributed by atoms with Gasteiger partial charge in [0.05, 0.1) is 10.5 Å². The maximum absolute atomic E-state index is 13.8. The highest BCUT2D eigenvalue weighted by Gasteiger charge is 2.21. The molecule has 0 aliphatic rings. The molecule has 0 radical (unpaired) electrons. The third-order valence-corrected chi connectivity index (χ3v) is 4.63. The van der Waals surface area contributed by atoms with Crippen molar-refractivity contribution in [3.05, 3.63) is 29.6 Å². The molecule has 0 saturated heterocycles. The van der Waals surface area contributed by atoms with Crippen LogP contribution in [0.1, 0.15) is 12.0 Å². The molecular weight excluding hydrogens is 297 g/mol. The van der Waals surface area contributed by atoms with E-state index in [-0.39, 0.29) is 23.6 Å². The van der Waals surface area contributed by atoms with Gasteiger partial charge in [-0.3, -0.25) is 0 Å². The van der Waals surface area contributed by atoms with Crippen LogP contribution in [-0.2, 0) is 14.8 Å². The minimum absolute atomic E-state index is 0.0463. The standard InChI is InChI=1S/C14H18FNO4S/c1-16(8-4-10-20-2)21(18,19)13-7-6-12(5-3-9-17)14(15)11-13/h6-7,11,17H,4,8-10H2,1-2H3. The Morgan fingerprint density at radius 2 is 2.14 bits per heavy atom. The average Bonchev–Trinajstić information content (AvgIpc) is 2.46. The Labute approximate surface area is 124 Å². The summed E-state index contributed by atoms with van der Waals surface area (Å²) in [6.45, 7) is 0.343. The number of nitrogens with zero attached hydrogens (tertiary/aromatic N) is 1. The zero-order valence-electron chi connectivity index (χ0n) is 12.0. The predicted molar refractivity (Wildman–Crippen MR) is 76.7 cm³/mol. The van der Waals surface area contributed by atoms with E-state index in [1.165, 1.54) is 26.3 Å². The molecule has 7 heteroatoms. The van der Waals surface area contributed by atoms with Gasteiger partial charge in [-0.25, -0.2) is 17.1 Å². The van der Waals surface area contributed by atoms with Crippen LogP contribution in [0, 0.1) is 17.7 Å². The van der Waals surface area contributed by atoms with Crippen LogP contribution in [0.4, 0.5) is 4.39 Å². The van der Waals surface area contributed by atoms with Gasteiger partial charge in [-0.15, -0.1) is 0 Å². The van der Waals surface area contributed by atoms with E-state index in [9.17, 15) is 12.8 Å². The van der Waals surface area contributed by atoms with Crippen LogP contribution in [0.25, 0.3) is 0 Å². The Morgan fingerprint density at radius 3 is 2.71 bits per heavy atom. The highest BCUT2D eigenvalue weighted by Crippen LogP contribution is 2.18. The number of halogens is 1. The summed E-state index contributed by atoms with van der Waals surface area (Å²) in [5, 5.41) is 8.57. The minimum atomic E-state index is -3.74. The highest BCUT2D eigenvalue weighted by atomic mass is 32.2. The molecule has 0 aliphatic heterocycles. The number of benzene rings is 1. The SMILES string of the molecule is COCCCN(C)S(=O)(=O)c1ccc(C#CCO)c(F)c1. The van der Waals surface area contributed by atoms with Crippen molar-refractivity contribution in [3.8, 4) is 11.8 Å². The summed E-state index contributed by atoms with van der Waals surface area (Å²) in [6, 6.07) is 3.52. The normalized spacial score (nSPS) is 11.3. The van der Waals surface area contributed by atoms with E-state index < -0.39 is 15.8 Å². The maximum Gasteiger partial charge on any atom is 0.242 e. The van der Waals surface area contributed by atoms with E-state index >= 15 is 0 Å². The second-order valence-corrected chi connectivity index (χ2v) is 6.32. The second-order valence-electron chi connectivity index (χ2n) is 4.27. The lowest BCUT2D eigenvalue weighted by atomic mass is 10.2. The molecule has 0 spiro atoms. The maximum atomic E-state index is 13.8. The van der Waals surface area contributed by atoms with E-state index in [0.717, 1.165) is 10.4 Å². The van der Waals surface area contributed by atoms with Gasteiger partial charge >= 0.3 is 0 Å². The number of ether oxygens (including phenoxy) is 1.